The summed E-state index contributed by atoms with van der Waals surface area (Å²) in [7, 11) is 0. The van der Waals surface area contributed by atoms with E-state index in [2.05, 4.69) is 116 Å². The second-order valence-electron chi connectivity index (χ2n) is 24.3. The van der Waals surface area contributed by atoms with Crippen molar-refractivity contribution in [3.05, 3.63) is 109 Å². The number of amides is 1. The molecule has 1 amide bonds. The highest BCUT2D eigenvalue weighted by Crippen LogP contribution is 2.33. The van der Waals surface area contributed by atoms with Crippen LogP contribution in [0.2, 0.25) is 0 Å². The Morgan fingerprint density at radius 2 is 0.758 bits per heavy atom. The largest absolute Gasteiger partial charge is 0.394 e. The van der Waals surface area contributed by atoms with Gasteiger partial charge in [-0.15, -0.1) is 0 Å². The van der Waals surface area contributed by atoms with E-state index in [1.165, 1.54) is 77.0 Å². The Morgan fingerprint density at radius 1 is 0.407 bits per heavy atom. The Bertz CT molecular complexity index is 2070. The van der Waals surface area contributed by atoms with E-state index < -0.39 is 124 Å². The van der Waals surface area contributed by atoms with Gasteiger partial charge >= 0.3 is 0 Å². The third kappa shape index (κ3) is 34.6. The van der Waals surface area contributed by atoms with Crippen molar-refractivity contribution in [3.8, 4) is 0 Å². The first kappa shape index (κ1) is 81.7. The lowest BCUT2D eigenvalue weighted by molar-refractivity contribution is -0.379. The first-order valence-corrected chi connectivity index (χ1v) is 34.6. The summed E-state index contributed by atoms with van der Waals surface area (Å²) in [5.41, 5.74) is 0. The van der Waals surface area contributed by atoms with Gasteiger partial charge in [-0.2, -0.15) is 0 Å². The number of allylic oxidation sites excluding steroid dienone is 17. The van der Waals surface area contributed by atoms with Crippen LogP contribution >= 0.6 is 0 Å². The van der Waals surface area contributed by atoms with Crippen LogP contribution in [-0.2, 0) is 33.2 Å². The minimum absolute atomic E-state index is 0.206. The Balaban J connectivity index is 1.45. The number of carbonyl (C=O) groups excluding carboxylic acids is 1. The monoisotopic (exact) mass is 1290 g/mol. The third-order valence-corrected chi connectivity index (χ3v) is 16.6. The van der Waals surface area contributed by atoms with Crippen LogP contribution in [-0.4, -0.2) is 193 Å². The molecule has 3 heterocycles. The summed E-state index contributed by atoms with van der Waals surface area (Å²) >= 11 is 0. The Kier molecular flexibility index (Phi) is 47.3. The molecule has 3 aliphatic rings. The van der Waals surface area contributed by atoms with Crippen molar-refractivity contribution in [3.63, 3.8) is 0 Å². The van der Waals surface area contributed by atoms with Crippen molar-refractivity contribution in [2.24, 2.45) is 0 Å². The standard InChI is InChI=1S/C72H121NO18/c1-3-5-7-9-11-13-15-17-19-21-22-23-24-25-26-27-28-29-30-31-32-34-36-38-40-42-44-46-48-50-60(78)73-55(56(77)49-47-45-43-41-39-37-35-33-20-18-16-14-12-10-8-6-4-2)54-86-70-66(84)63(81)68(58(52-75)88-70)91-72-67(85)64(82)69(59(53-76)89-72)90-71-65(83)62(80)61(79)57(51-74)87-71/h5,7,11,13,17,19,22-23,25-26,28-29,31-32,36,38,47,49,55-59,61-72,74-77,79-85H,3-4,6,8-10,12,14-16,18,20-21,24,27,30,33-35,37,39-46,48,50-54H2,1-2H3,(H,73,78)/b7-5-,13-11-,19-17-,23-22-,26-25-,29-28-,32-31-,38-36-,49-47+. The summed E-state index contributed by atoms with van der Waals surface area (Å²) in [4.78, 5) is 13.4. The fourth-order valence-electron chi connectivity index (χ4n) is 11.0. The van der Waals surface area contributed by atoms with Crippen molar-refractivity contribution < 1.29 is 89.4 Å². The minimum atomic E-state index is -1.99. The summed E-state index contributed by atoms with van der Waals surface area (Å²) < 4.78 is 34.3. The molecule has 0 aromatic carbocycles. The predicted octanol–water partition coefficient (Wildman–Crippen LogP) is 9.05. The second kappa shape index (κ2) is 52.7. The number of carbonyl (C=O) groups is 1. The van der Waals surface area contributed by atoms with Gasteiger partial charge in [-0.05, 0) is 83.5 Å². The summed E-state index contributed by atoms with van der Waals surface area (Å²) in [5, 5.41) is 120. The smallest absolute Gasteiger partial charge is 0.220 e. The lowest BCUT2D eigenvalue weighted by atomic mass is 9.96. The van der Waals surface area contributed by atoms with E-state index in [1.54, 1.807) is 6.08 Å². The molecule has 19 heteroatoms. The Morgan fingerprint density at radius 3 is 1.19 bits per heavy atom. The van der Waals surface area contributed by atoms with Gasteiger partial charge in [0, 0.05) is 6.42 Å². The maximum atomic E-state index is 13.4. The average Bonchev–Trinajstić information content (AvgIpc) is 0.884. The maximum Gasteiger partial charge on any atom is 0.220 e. The molecule has 19 nitrogen and oxygen atoms in total. The van der Waals surface area contributed by atoms with Gasteiger partial charge in [0.2, 0.25) is 5.91 Å². The van der Waals surface area contributed by atoms with Crippen LogP contribution in [0.3, 0.4) is 0 Å². The molecule has 0 aromatic heterocycles. The Labute approximate surface area is 545 Å². The first-order valence-electron chi connectivity index (χ1n) is 34.6. The molecule has 17 unspecified atom stereocenters. The lowest BCUT2D eigenvalue weighted by Gasteiger charge is -2.48. The van der Waals surface area contributed by atoms with Gasteiger partial charge in [-0.3, -0.25) is 4.79 Å². The molecule has 3 rings (SSSR count). The molecule has 0 aromatic rings. The molecular weight excluding hydrogens is 1170 g/mol. The lowest BCUT2D eigenvalue weighted by Crippen LogP contribution is -2.66. The van der Waals surface area contributed by atoms with Crippen LogP contribution < -0.4 is 5.32 Å². The zero-order chi connectivity index (χ0) is 66.1. The van der Waals surface area contributed by atoms with E-state index in [0.717, 1.165) is 103 Å². The second-order valence-corrected chi connectivity index (χ2v) is 24.3. The van der Waals surface area contributed by atoms with Gasteiger partial charge in [-0.1, -0.05) is 226 Å². The summed E-state index contributed by atoms with van der Waals surface area (Å²) in [6.45, 7) is 1.58. The molecule has 0 spiro atoms. The molecule has 3 fully saturated rings. The van der Waals surface area contributed by atoms with E-state index in [0.29, 0.717) is 6.42 Å². The van der Waals surface area contributed by atoms with Gasteiger partial charge < -0.3 is 89.9 Å². The molecule has 12 N–H and O–H groups in total. The Hall–Kier alpha value is -3.55. The number of hydrogen-bond donors (Lipinski definition) is 12. The van der Waals surface area contributed by atoms with Crippen molar-refractivity contribution in [1.29, 1.82) is 0 Å². The number of ether oxygens (including phenoxy) is 6. The van der Waals surface area contributed by atoms with Crippen LogP contribution in [0.1, 0.15) is 206 Å². The molecule has 3 saturated heterocycles. The highest BCUT2D eigenvalue weighted by molar-refractivity contribution is 5.76. The van der Waals surface area contributed by atoms with Gasteiger partial charge in [0.15, 0.2) is 18.9 Å². The van der Waals surface area contributed by atoms with Gasteiger partial charge in [0.1, 0.15) is 73.2 Å². The predicted molar refractivity (Wildman–Crippen MR) is 355 cm³/mol. The van der Waals surface area contributed by atoms with Crippen molar-refractivity contribution >= 4 is 5.91 Å². The van der Waals surface area contributed by atoms with Crippen LogP contribution in [0, 0.1) is 0 Å². The molecule has 17 atom stereocenters. The maximum absolute atomic E-state index is 13.4. The van der Waals surface area contributed by atoms with E-state index in [4.69, 9.17) is 28.4 Å². The molecule has 0 saturated carbocycles. The van der Waals surface area contributed by atoms with Crippen molar-refractivity contribution in [2.45, 2.75) is 311 Å². The molecule has 91 heavy (non-hydrogen) atoms. The van der Waals surface area contributed by atoms with Gasteiger partial charge in [0.25, 0.3) is 0 Å². The fraction of sp³-hybridized carbons (Fsp3) is 0.736. The number of aliphatic hydroxyl groups excluding tert-OH is 11. The van der Waals surface area contributed by atoms with Crippen LogP contribution in [0.15, 0.2) is 109 Å². The van der Waals surface area contributed by atoms with Crippen molar-refractivity contribution in [1.82, 2.24) is 5.32 Å². The number of rotatable bonds is 51. The number of hydrogen-bond acceptors (Lipinski definition) is 18. The normalized spacial score (nSPS) is 28.6. The van der Waals surface area contributed by atoms with E-state index in [9.17, 15) is 61.0 Å². The van der Waals surface area contributed by atoms with Crippen LogP contribution in [0.5, 0.6) is 0 Å². The quantitative estimate of drug-likeness (QED) is 0.0200. The van der Waals surface area contributed by atoms with E-state index in [-0.39, 0.29) is 18.9 Å². The molecule has 0 aliphatic carbocycles. The molecule has 0 bridgehead atoms. The molecule has 3 aliphatic heterocycles. The zero-order valence-corrected chi connectivity index (χ0v) is 55.0. The topological polar surface area (TPSA) is 307 Å². The summed E-state index contributed by atoms with van der Waals surface area (Å²) in [6, 6.07) is -0.995. The van der Waals surface area contributed by atoms with Crippen LogP contribution in [0.4, 0.5) is 0 Å². The van der Waals surface area contributed by atoms with Gasteiger partial charge in [0.05, 0.1) is 38.6 Å². The summed E-state index contributed by atoms with van der Waals surface area (Å²) in [5.74, 6) is -0.304. The number of unbranched alkanes of at least 4 members (excludes halogenated alkanes) is 19. The van der Waals surface area contributed by atoms with Gasteiger partial charge in [-0.25, -0.2) is 0 Å². The molecule has 522 valence electrons. The molecular formula is C72H121NO18. The highest BCUT2D eigenvalue weighted by Gasteiger charge is 2.53. The third-order valence-electron chi connectivity index (χ3n) is 16.6. The number of nitrogens with one attached hydrogen (secondary N) is 1. The zero-order valence-electron chi connectivity index (χ0n) is 55.0. The average molecular weight is 1290 g/mol. The SMILES string of the molecule is CC/C=C\C/C=C\C/C=C\C/C=C\C/C=C\C/C=C\C/C=C\C/C=C\CCCCCCC(=O)NC(COC1OC(CO)C(OC2OC(CO)C(OC3OC(CO)C(O)C(O)C3O)C(O)C2O)C(O)C1O)C(O)/C=C/CCCCCCCCCCCCCCCCC. The van der Waals surface area contributed by atoms with E-state index >= 15 is 0 Å². The molecule has 0 radical (unpaired) electrons. The van der Waals surface area contributed by atoms with Crippen LogP contribution in [0.25, 0.3) is 0 Å². The minimum Gasteiger partial charge on any atom is -0.394 e. The number of aliphatic hydroxyl groups is 11. The highest BCUT2D eigenvalue weighted by atomic mass is 16.8. The summed E-state index contributed by atoms with van der Waals surface area (Å²) in [6.07, 6.45) is 43.4. The van der Waals surface area contributed by atoms with E-state index in [1.807, 2.05) is 6.08 Å². The van der Waals surface area contributed by atoms with Crippen molar-refractivity contribution in [2.75, 3.05) is 26.4 Å². The fourth-order valence-corrected chi connectivity index (χ4v) is 11.0. The first-order chi connectivity index (χ1) is 44.3.